The number of carbonyl (C=O) groups excluding carboxylic acids is 1. The van der Waals surface area contributed by atoms with Crippen LogP contribution < -0.4 is 10.2 Å². The summed E-state index contributed by atoms with van der Waals surface area (Å²) in [4.78, 5) is 24.1. The summed E-state index contributed by atoms with van der Waals surface area (Å²) >= 11 is 0. The monoisotopic (exact) mass is 504 g/mol. The predicted molar refractivity (Wildman–Crippen MR) is 133 cm³/mol. The van der Waals surface area contributed by atoms with Gasteiger partial charge < -0.3 is 15.0 Å². The molecule has 2 aliphatic rings. The number of halogens is 2. The van der Waals surface area contributed by atoms with E-state index < -0.39 is 6.43 Å². The summed E-state index contributed by atoms with van der Waals surface area (Å²) in [6.07, 6.45) is 0.424. The number of hydrogen-bond acceptors (Lipinski definition) is 6. The maximum Gasteiger partial charge on any atom is 0.267 e. The minimum absolute atomic E-state index is 0.0329. The summed E-state index contributed by atoms with van der Waals surface area (Å²) in [7, 11) is 0. The van der Waals surface area contributed by atoms with Gasteiger partial charge in [0.1, 0.15) is 5.82 Å². The van der Waals surface area contributed by atoms with Crippen molar-refractivity contribution in [1.82, 2.24) is 25.1 Å². The van der Waals surface area contributed by atoms with Gasteiger partial charge in [-0.15, -0.1) is 0 Å². The number of carbonyl (C=O) groups is 1. The SMILES string of the molecule is CC1COCc2ccc(C(=O)NCc3cc4nc(N5CCn6ncc(C(F)F)c6C5)ccc4cn3)cc21. The first kappa shape index (κ1) is 23.5. The molecule has 4 aromatic rings. The molecule has 1 atom stereocenters. The molecule has 0 bridgehead atoms. The van der Waals surface area contributed by atoms with E-state index in [0.717, 1.165) is 22.0 Å². The summed E-state index contributed by atoms with van der Waals surface area (Å²) in [5.41, 5.74) is 4.79. The number of nitrogens with one attached hydrogen (secondary N) is 1. The first-order valence-corrected chi connectivity index (χ1v) is 12.3. The van der Waals surface area contributed by atoms with Crippen LogP contribution in [-0.2, 0) is 31.0 Å². The molecule has 0 spiro atoms. The van der Waals surface area contributed by atoms with E-state index in [2.05, 4.69) is 22.3 Å². The van der Waals surface area contributed by atoms with E-state index in [1.807, 2.05) is 41.3 Å². The van der Waals surface area contributed by atoms with Crippen LogP contribution in [0.5, 0.6) is 0 Å². The van der Waals surface area contributed by atoms with Crippen molar-refractivity contribution in [3.05, 3.63) is 82.4 Å². The zero-order valence-corrected chi connectivity index (χ0v) is 20.3. The zero-order valence-electron chi connectivity index (χ0n) is 20.3. The highest BCUT2D eigenvalue weighted by atomic mass is 19.3. The summed E-state index contributed by atoms with van der Waals surface area (Å²) in [6, 6.07) is 11.4. The Kier molecular flexibility index (Phi) is 6.03. The quantitative estimate of drug-likeness (QED) is 0.435. The Labute approximate surface area is 212 Å². The van der Waals surface area contributed by atoms with Crippen molar-refractivity contribution in [2.75, 3.05) is 18.1 Å². The Hall–Kier alpha value is -3.92. The lowest BCUT2D eigenvalue weighted by molar-refractivity contribution is 0.0931. The number of amides is 1. The van der Waals surface area contributed by atoms with Gasteiger partial charge in [-0.25, -0.2) is 13.8 Å². The third-order valence-electron chi connectivity index (χ3n) is 7.07. The smallest absolute Gasteiger partial charge is 0.267 e. The van der Waals surface area contributed by atoms with Crippen molar-refractivity contribution in [3.8, 4) is 0 Å². The topological polar surface area (TPSA) is 85.2 Å². The fraction of sp³-hybridized carbons (Fsp3) is 0.333. The van der Waals surface area contributed by atoms with Gasteiger partial charge in [-0.2, -0.15) is 5.10 Å². The molecule has 10 heteroatoms. The number of aromatic nitrogens is 4. The molecule has 0 saturated heterocycles. The maximum absolute atomic E-state index is 13.4. The Morgan fingerprint density at radius 2 is 2.08 bits per heavy atom. The van der Waals surface area contributed by atoms with Crippen LogP contribution in [0.1, 0.15) is 57.7 Å². The molecular formula is C27H26F2N6O2. The molecule has 6 rings (SSSR count). The van der Waals surface area contributed by atoms with Gasteiger partial charge in [-0.05, 0) is 41.5 Å². The van der Waals surface area contributed by atoms with Gasteiger partial charge >= 0.3 is 0 Å². The molecule has 190 valence electrons. The molecule has 3 aromatic heterocycles. The van der Waals surface area contributed by atoms with E-state index in [4.69, 9.17) is 9.72 Å². The van der Waals surface area contributed by atoms with Gasteiger partial charge in [0.05, 0.1) is 61.5 Å². The number of nitrogens with zero attached hydrogens (tertiary/aromatic N) is 5. The van der Waals surface area contributed by atoms with Crippen molar-refractivity contribution < 1.29 is 18.3 Å². The molecule has 0 fully saturated rings. The number of rotatable bonds is 5. The molecule has 1 unspecified atom stereocenters. The minimum atomic E-state index is -2.56. The van der Waals surface area contributed by atoms with E-state index in [-0.39, 0.29) is 23.9 Å². The fourth-order valence-corrected chi connectivity index (χ4v) is 5.00. The Morgan fingerprint density at radius 3 is 2.95 bits per heavy atom. The number of alkyl halides is 2. The number of benzene rings is 1. The number of anilines is 1. The van der Waals surface area contributed by atoms with E-state index in [9.17, 15) is 13.6 Å². The Balaban J connectivity index is 1.17. The van der Waals surface area contributed by atoms with Crippen molar-refractivity contribution in [2.24, 2.45) is 0 Å². The van der Waals surface area contributed by atoms with E-state index in [0.29, 0.717) is 55.6 Å². The van der Waals surface area contributed by atoms with E-state index >= 15 is 0 Å². The van der Waals surface area contributed by atoms with Gasteiger partial charge in [0.25, 0.3) is 12.3 Å². The Bertz CT molecular complexity index is 1490. The van der Waals surface area contributed by atoms with Crippen LogP contribution >= 0.6 is 0 Å². The second-order valence-corrected chi connectivity index (χ2v) is 9.54. The molecule has 0 saturated carbocycles. The molecule has 37 heavy (non-hydrogen) atoms. The summed E-state index contributed by atoms with van der Waals surface area (Å²) in [6.45, 7) is 5.04. The van der Waals surface area contributed by atoms with Gasteiger partial charge in [0, 0.05) is 29.6 Å². The van der Waals surface area contributed by atoms with Gasteiger partial charge in [0.15, 0.2) is 0 Å². The van der Waals surface area contributed by atoms with Crippen molar-refractivity contribution >= 4 is 22.6 Å². The highest BCUT2D eigenvalue weighted by molar-refractivity contribution is 5.94. The van der Waals surface area contributed by atoms with Crippen LogP contribution in [0.3, 0.4) is 0 Å². The zero-order chi connectivity index (χ0) is 25.5. The average molecular weight is 505 g/mol. The van der Waals surface area contributed by atoms with Crippen LogP contribution in [0.25, 0.3) is 10.9 Å². The molecule has 1 aromatic carbocycles. The van der Waals surface area contributed by atoms with Crippen LogP contribution in [-0.4, -0.2) is 38.8 Å². The normalized spacial score (nSPS) is 17.1. The standard InChI is InChI=1S/C27H26F2N6O2/c1-16-14-37-15-19-3-2-17(8-21(16)19)27(36)31-11-20-9-23-18(10-30-20)4-5-25(33-23)34-6-7-35-24(13-34)22(12-32-35)26(28)29/h2-5,8-10,12,16,26H,6-7,11,13-15H2,1H3,(H,31,36). The van der Waals surface area contributed by atoms with Crippen LogP contribution in [0.15, 0.2) is 48.8 Å². The summed E-state index contributed by atoms with van der Waals surface area (Å²) < 4.78 is 34.0. The van der Waals surface area contributed by atoms with Crippen LogP contribution in [0, 0.1) is 0 Å². The summed E-state index contributed by atoms with van der Waals surface area (Å²) in [5, 5.41) is 7.90. The summed E-state index contributed by atoms with van der Waals surface area (Å²) in [5.74, 6) is 0.791. The minimum Gasteiger partial charge on any atom is -0.376 e. The van der Waals surface area contributed by atoms with Gasteiger partial charge in [-0.1, -0.05) is 13.0 Å². The van der Waals surface area contributed by atoms with E-state index in [1.165, 1.54) is 6.20 Å². The van der Waals surface area contributed by atoms with Gasteiger partial charge in [-0.3, -0.25) is 14.5 Å². The van der Waals surface area contributed by atoms with Gasteiger partial charge in [0.2, 0.25) is 0 Å². The first-order chi connectivity index (χ1) is 18.0. The number of pyridine rings is 2. The fourth-order valence-electron chi connectivity index (χ4n) is 5.00. The predicted octanol–water partition coefficient (Wildman–Crippen LogP) is 4.35. The third kappa shape index (κ3) is 4.53. The second kappa shape index (κ2) is 9.51. The molecule has 0 radical (unpaired) electrons. The van der Waals surface area contributed by atoms with Crippen molar-refractivity contribution in [1.29, 1.82) is 0 Å². The highest BCUT2D eigenvalue weighted by Gasteiger charge is 2.25. The maximum atomic E-state index is 13.4. The third-order valence-corrected chi connectivity index (χ3v) is 7.07. The number of fused-ring (bicyclic) bond motifs is 3. The van der Waals surface area contributed by atoms with Crippen molar-refractivity contribution in [3.63, 3.8) is 0 Å². The molecule has 0 aliphatic carbocycles. The number of ether oxygens (including phenoxy) is 1. The molecule has 1 N–H and O–H groups in total. The Morgan fingerprint density at radius 1 is 1.19 bits per heavy atom. The lowest BCUT2D eigenvalue weighted by Gasteiger charge is -2.29. The van der Waals surface area contributed by atoms with Crippen molar-refractivity contribution in [2.45, 2.75) is 45.5 Å². The molecule has 8 nitrogen and oxygen atoms in total. The van der Waals surface area contributed by atoms with Crippen LogP contribution in [0.2, 0.25) is 0 Å². The highest BCUT2D eigenvalue weighted by Crippen LogP contribution is 2.29. The second-order valence-electron chi connectivity index (χ2n) is 9.54. The first-order valence-electron chi connectivity index (χ1n) is 12.3. The molecule has 5 heterocycles. The average Bonchev–Trinajstić information content (AvgIpc) is 3.35. The lowest BCUT2D eigenvalue weighted by Crippen LogP contribution is -2.34. The van der Waals surface area contributed by atoms with Crippen LogP contribution in [0.4, 0.5) is 14.6 Å². The lowest BCUT2D eigenvalue weighted by atomic mass is 9.92. The molecular weight excluding hydrogens is 478 g/mol. The van der Waals surface area contributed by atoms with E-state index in [1.54, 1.807) is 10.9 Å². The number of hydrogen-bond donors (Lipinski definition) is 1. The largest absolute Gasteiger partial charge is 0.376 e. The molecule has 1 amide bonds. The molecule has 2 aliphatic heterocycles.